The van der Waals surface area contributed by atoms with Crippen molar-refractivity contribution in [3.05, 3.63) is 48.5 Å². The summed E-state index contributed by atoms with van der Waals surface area (Å²) in [6, 6.07) is 14.6. The maximum atomic E-state index is 11.9. The number of amides is 1. The lowest BCUT2D eigenvalue weighted by molar-refractivity contribution is -0.113. The maximum Gasteiger partial charge on any atom is 0.234 e. The van der Waals surface area contributed by atoms with Crippen LogP contribution in [0.2, 0.25) is 0 Å². The van der Waals surface area contributed by atoms with E-state index in [2.05, 4.69) is 5.32 Å². The molecule has 20 heavy (non-hydrogen) atoms. The number of phenolic OH excluding ortho intramolecular Hbond substituents is 1. The maximum absolute atomic E-state index is 11.9. The summed E-state index contributed by atoms with van der Waals surface area (Å²) in [6.45, 7) is 0. The molecule has 1 amide bonds. The van der Waals surface area contributed by atoms with Gasteiger partial charge in [-0.15, -0.1) is 23.5 Å². The van der Waals surface area contributed by atoms with Crippen LogP contribution in [0.1, 0.15) is 0 Å². The molecule has 0 unspecified atom stereocenters. The van der Waals surface area contributed by atoms with E-state index >= 15 is 0 Å². The van der Waals surface area contributed by atoms with Gasteiger partial charge in [-0.1, -0.05) is 18.2 Å². The molecule has 0 heterocycles. The van der Waals surface area contributed by atoms with Crippen LogP contribution in [-0.2, 0) is 4.79 Å². The monoisotopic (exact) mass is 305 g/mol. The molecule has 0 saturated heterocycles. The fourth-order valence-electron chi connectivity index (χ4n) is 1.66. The van der Waals surface area contributed by atoms with Crippen molar-refractivity contribution < 1.29 is 9.90 Å². The number of para-hydroxylation sites is 1. The van der Waals surface area contributed by atoms with Gasteiger partial charge in [-0.05, 0) is 36.6 Å². The molecule has 0 aliphatic rings. The number of phenols is 1. The van der Waals surface area contributed by atoms with Gasteiger partial charge < -0.3 is 10.4 Å². The van der Waals surface area contributed by atoms with Crippen molar-refractivity contribution in [2.75, 3.05) is 17.3 Å². The van der Waals surface area contributed by atoms with Crippen molar-refractivity contribution in [1.29, 1.82) is 0 Å². The third-order valence-corrected chi connectivity index (χ3v) is 4.36. The van der Waals surface area contributed by atoms with Crippen LogP contribution in [0, 0.1) is 0 Å². The first-order chi connectivity index (χ1) is 9.69. The normalized spacial score (nSPS) is 10.2. The van der Waals surface area contributed by atoms with Gasteiger partial charge in [0.05, 0.1) is 11.4 Å². The molecule has 0 atom stereocenters. The Balaban J connectivity index is 1.93. The molecule has 0 aliphatic heterocycles. The lowest BCUT2D eigenvalue weighted by Gasteiger charge is -2.09. The van der Waals surface area contributed by atoms with Crippen molar-refractivity contribution in [1.82, 2.24) is 0 Å². The van der Waals surface area contributed by atoms with Crippen LogP contribution < -0.4 is 5.32 Å². The summed E-state index contributed by atoms with van der Waals surface area (Å²) in [5.41, 5.74) is 0.835. The molecule has 2 rings (SSSR count). The fraction of sp³-hybridized carbons (Fsp3) is 0.133. The van der Waals surface area contributed by atoms with Gasteiger partial charge in [0.2, 0.25) is 5.91 Å². The number of carbonyl (C=O) groups excluding carboxylic acids is 1. The molecule has 2 N–H and O–H groups in total. The van der Waals surface area contributed by atoms with Crippen LogP contribution in [0.5, 0.6) is 5.75 Å². The zero-order chi connectivity index (χ0) is 14.4. The highest BCUT2D eigenvalue weighted by atomic mass is 32.2. The summed E-state index contributed by atoms with van der Waals surface area (Å²) in [7, 11) is 0. The molecular formula is C15H15NO2S2. The number of anilines is 1. The Morgan fingerprint density at radius 3 is 2.75 bits per heavy atom. The van der Waals surface area contributed by atoms with Gasteiger partial charge in [-0.25, -0.2) is 0 Å². The second-order valence-corrected chi connectivity index (χ2v) is 5.93. The summed E-state index contributed by atoms with van der Waals surface area (Å²) in [5, 5.41) is 12.3. The third kappa shape index (κ3) is 4.21. The lowest BCUT2D eigenvalue weighted by atomic mass is 10.3. The minimum absolute atomic E-state index is 0.0557. The molecule has 3 nitrogen and oxygen atoms in total. The van der Waals surface area contributed by atoms with E-state index < -0.39 is 0 Å². The molecule has 0 saturated carbocycles. The van der Waals surface area contributed by atoms with Gasteiger partial charge in [0.1, 0.15) is 5.75 Å². The van der Waals surface area contributed by atoms with Crippen LogP contribution in [0.3, 0.4) is 0 Å². The fourth-order valence-corrected chi connectivity index (χ4v) is 2.96. The largest absolute Gasteiger partial charge is 0.508 e. The third-order valence-electron chi connectivity index (χ3n) is 2.57. The highest BCUT2D eigenvalue weighted by molar-refractivity contribution is 8.00. The quantitative estimate of drug-likeness (QED) is 0.824. The number of aromatic hydroxyl groups is 1. The average Bonchev–Trinajstić information content (AvgIpc) is 2.46. The summed E-state index contributed by atoms with van der Waals surface area (Å²) >= 11 is 3.00. The van der Waals surface area contributed by atoms with Crippen molar-refractivity contribution in [2.45, 2.75) is 9.79 Å². The first-order valence-electron chi connectivity index (χ1n) is 6.04. The van der Waals surface area contributed by atoms with Gasteiger partial charge in [0.25, 0.3) is 0 Å². The summed E-state index contributed by atoms with van der Waals surface area (Å²) in [5.74, 6) is 0.467. The second kappa shape index (κ2) is 7.26. The number of carbonyl (C=O) groups is 1. The predicted molar refractivity (Wildman–Crippen MR) is 85.7 cm³/mol. The van der Waals surface area contributed by atoms with E-state index in [0.717, 1.165) is 15.5 Å². The molecule has 0 radical (unpaired) electrons. The van der Waals surface area contributed by atoms with Crippen LogP contribution in [0.4, 0.5) is 5.69 Å². The van der Waals surface area contributed by atoms with Gasteiger partial charge in [0, 0.05) is 9.79 Å². The van der Waals surface area contributed by atoms with Crippen LogP contribution in [0.25, 0.3) is 0 Å². The Hall–Kier alpha value is -1.59. The number of hydrogen-bond donors (Lipinski definition) is 2. The van der Waals surface area contributed by atoms with Gasteiger partial charge >= 0.3 is 0 Å². The minimum atomic E-state index is -0.0557. The zero-order valence-electron chi connectivity index (χ0n) is 11.0. The summed E-state index contributed by atoms with van der Waals surface area (Å²) in [6.07, 6.45) is 1.98. The number of benzene rings is 2. The molecule has 0 aromatic heterocycles. The van der Waals surface area contributed by atoms with E-state index in [0.29, 0.717) is 5.75 Å². The summed E-state index contributed by atoms with van der Waals surface area (Å²) < 4.78 is 0. The molecule has 2 aromatic rings. The van der Waals surface area contributed by atoms with E-state index in [-0.39, 0.29) is 11.7 Å². The van der Waals surface area contributed by atoms with E-state index in [1.807, 2.05) is 36.6 Å². The van der Waals surface area contributed by atoms with Gasteiger partial charge in [-0.3, -0.25) is 4.79 Å². The van der Waals surface area contributed by atoms with Crippen LogP contribution in [-0.4, -0.2) is 23.0 Å². The van der Waals surface area contributed by atoms with Crippen LogP contribution in [0.15, 0.2) is 58.3 Å². The van der Waals surface area contributed by atoms with E-state index in [9.17, 15) is 9.90 Å². The number of thioether (sulfide) groups is 2. The predicted octanol–water partition coefficient (Wildman–Crippen LogP) is 3.84. The Bertz CT molecular complexity index is 602. The van der Waals surface area contributed by atoms with Gasteiger partial charge in [0.15, 0.2) is 0 Å². The highest BCUT2D eigenvalue weighted by Crippen LogP contribution is 2.26. The topological polar surface area (TPSA) is 49.3 Å². The Kier molecular flexibility index (Phi) is 5.38. The molecule has 0 aliphatic carbocycles. The Labute approximate surface area is 126 Å². The number of nitrogens with one attached hydrogen (secondary N) is 1. The molecule has 104 valence electrons. The first kappa shape index (κ1) is 14.8. The van der Waals surface area contributed by atoms with Crippen LogP contribution >= 0.6 is 23.5 Å². The SMILES string of the molecule is CSc1ccccc1NC(=O)CSc1cccc(O)c1. The zero-order valence-corrected chi connectivity index (χ0v) is 12.6. The van der Waals surface area contributed by atoms with Crippen molar-refractivity contribution in [3.63, 3.8) is 0 Å². The molecule has 0 spiro atoms. The average molecular weight is 305 g/mol. The van der Waals surface area contributed by atoms with Crippen molar-refractivity contribution in [3.8, 4) is 5.75 Å². The van der Waals surface area contributed by atoms with Crippen molar-refractivity contribution >= 4 is 35.1 Å². The smallest absolute Gasteiger partial charge is 0.234 e. The van der Waals surface area contributed by atoms with E-state index in [4.69, 9.17) is 0 Å². The van der Waals surface area contributed by atoms with Gasteiger partial charge in [-0.2, -0.15) is 0 Å². The molecule has 0 fully saturated rings. The number of hydrogen-bond acceptors (Lipinski definition) is 4. The number of rotatable bonds is 5. The molecule has 2 aromatic carbocycles. The van der Waals surface area contributed by atoms with Crippen molar-refractivity contribution in [2.24, 2.45) is 0 Å². The Morgan fingerprint density at radius 1 is 1.20 bits per heavy atom. The lowest BCUT2D eigenvalue weighted by Crippen LogP contribution is -2.14. The first-order valence-corrected chi connectivity index (χ1v) is 8.25. The molecule has 5 heteroatoms. The molecule has 0 bridgehead atoms. The standard InChI is InChI=1S/C15H15NO2S2/c1-19-14-8-3-2-7-13(14)16-15(18)10-20-12-6-4-5-11(17)9-12/h2-9,17H,10H2,1H3,(H,16,18). The highest BCUT2D eigenvalue weighted by Gasteiger charge is 2.07. The summed E-state index contributed by atoms with van der Waals surface area (Å²) in [4.78, 5) is 13.9. The minimum Gasteiger partial charge on any atom is -0.508 e. The second-order valence-electron chi connectivity index (χ2n) is 4.03. The van der Waals surface area contributed by atoms with E-state index in [1.165, 1.54) is 11.8 Å². The Morgan fingerprint density at radius 2 is 2.00 bits per heavy atom. The molecular weight excluding hydrogens is 290 g/mol. The van der Waals surface area contributed by atoms with E-state index in [1.54, 1.807) is 30.0 Å².